The number of nitrogens with zero attached hydrogens (tertiary/aromatic N) is 2. The Bertz CT molecular complexity index is 490. The van der Waals surface area contributed by atoms with Crippen molar-refractivity contribution in [3.63, 3.8) is 0 Å². The number of hydrogen-bond acceptors (Lipinski definition) is 4. The Balaban J connectivity index is 1.71. The first-order valence-electron chi connectivity index (χ1n) is 8.05. The molecule has 1 unspecified atom stereocenters. The number of hydrogen-bond donors (Lipinski definition) is 2. The highest BCUT2D eigenvalue weighted by atomic mass is 32.2. The summed E-state index contributed by atoms with van der Waals surface area (Å²) in [7, 11) is 1.83. The minimum atomic E-state index is 0.360. The van der Waals surface area contributed by atoms with E-state index < -0.39 is 0 Å². The van der Waals surface area contributed by atoms with Gasteiger partial charge < -0.3 is 10.6 Å². The van der Waals surface area contributed by atoms with Crippen LogP contribution < -0.4 is 10.6 Å². The van der Waals surface area contributed by atoms with E-state index in [2.05, 4.69) is 58.5 Å². The third kappa shape index (κ3) is 5.16. The normalized spacial score (nSPS) is 22.3. The van der Waals surface area contributed by atoms with Gasteiger partial charge in [-0.05, 0) is 25.5 Å². The fraction of sp³-hybridized carbons (Fsp3) is 0.750. The zero-order chi connectivity index (χ0) is 16.0. The van der Waals surface area contributed by atoms with E-state index in [1.807, 2.05) is 7.05 Å². The molecule has 0 bridgehead atoms. The highest BCUT2D eigenvalue weighted by Gasteiger charge is 2.29. The zero-order valence-corrected chi connectivity index (χ0v) is 15.7. The van der Waals surface area contributed by atoms with Crippen molar-refractivity contribution in [2.45, 2.75) is 50.7 Å². The summed E-state index contributed by atoms with van der Waals surface area (Å²) < 4.78 is 0.360. The summed E-state index contributed by atoms with van der Waals surface area (Å²) in [5.74, 6) is 2.70. The number of guanidine groups is 1. The van der Waals surface area contributed by atoms with E-state index in [-0.39, 0.29) is 0 Å². The molecule has 2 rings (SSSR count). The molecule has 0 amide bonds. The standard InChI is InChI=1S/C16H28N4S2/c1-12(2)14-20-13(10-21-14)6-8-18-15(17-4)19-11-16(3)7-5-9-22-16/h10,12H,5-9,11H2,1-4H3,(H2,17,18,19). The lowest BCUT2D eigenvalue weighted by atomic mass is 10.1. The summed E-state index contributed by atoms with van der Waals surface area (Å²) in [4.78, 5) is 8.98. The van der Waals surface area contributed by atoms with Crippen molar-refractivity contribution < 1.29 is 0 Å². The Labute approximate surface area is 142 Å². The van der Waals surface area contributed by atoms with Crippen LogP contribution >= 0.6 is 23.1 Å². The maximum Gasteiger partial charge on any atom is 0.191 e. The van der Waals surface area contributed by atoms with E-state index in [0.717, 1.165) is 25.5 Å². The Morgan fingerprint density at radius 1 is 1.45 bits per heavy atom. The van der Waals surface area contributed by atoms with Gasteiger partial charge in [0, 0.05) is 42.6 Å². The molecule has 2 heterocycles. The molecule has 1 atom stereocenters. The van der Waals surface area contributed by atoms with Gasteiger partial charge in [0.2, 0.25) is 0 Å². The van der Waals surface area contributed by atoms with E-state index in [0.29, 0.717) is 10.7 Å². The molecule has 0 aromatic carbocycles. The fourth-order valence-electron chi connectivity index (χ4n) is 2.48. The lowest BCUT2D eigenvalue weighted by molar-refractivity contribution is 0.584. The predicted molar refractivity (Wildman–Crippen MR) is 99.4 cm³/mol. The van der Waals surface area contributed by atoms with Crippen molar-refractivity contribution in [2.75, 3.05) is 25.9 Å². The maximum atomic E-state index is 4.67. The molecular formula is C16H28N4S2. The number of rotatable bonds is 6. The molecule has 1 saturated heterocycles. The number of aliphatic imine (C=N–C) groups is 1. The third-order valence-electron chi connectivity index (χ3n) is 3.89. The van der Waals surface area contributed by atoms with Crippen molar-refractivity contribution in [2.24, 2.45) is 4.99 Å². The number of thiazole rings is 1. The molecule has 1 fully saturated rings. The van der Waals surface area contributed by atoms with Crippen molar-refractivity contribution in [3.05, 3.63) is 16.1 Å². The lowest BCUT2D eigenvalue weighted by Gasteiger charge is -2.24. The van der Waals surface area contributed by atoms with Gasteiger partial charge in [-0.3, -0.25) is 4.99 Å². The van der Waals surface area contributed by atoms with Gasteiger partial charge in [-0.2, -0.15) is 11.8 Å². The van der Waals surface area contributed by atoms with Gasteiger partial charge in [0.05, 0.1) is 10.7 Å². The quantitative estimate of drug-likeness (QED) is 0.616. The van der Waals surface area contributed by atoms with Crippen LogP contribution in [0.25, 0.3) is 0 Å². The van der Waals surface area contributed by atoms with Crippen LogP contribution in [-0.2, 0) is 6.42 Å². The van der Waals surface area contributed by atoms with Crippen LogP contribution in [0.2, 0.25) is 0 Å². The minimum absolute atomic E-state index is 0.360. The second kappa shape index (κ2) is 8.20. The molecule has 0 radical (unpaired) electrons. The van der Waals surface area contributed by atoms with Gasteiger partial charge in [0.1, 0.15) is 0 Å². The molecule has 0 aliphatic carbocycles. The van der Waals surface area contributed by atoms with Gasteiger partial charge in [0.15, 0.2) is 5.96 Å². The van der Waals surface area contributed by atoms with Crippen LogP contribution in [0.1, 0.15) is 50.2 Å². The molecule has 22 heavy (non-hydrogen) atoms. The van der Waals surface area contributed by atoms with Gasteiger partial charge >= 0.3 is 0 Å². The highest BCUT2D eigenvalue weighted by molar-refractivity contribution is 8.00. The Morgan fingerprint density at radius 2 is 2.27 bits per heavy atom. The maximum absolute atomic E-state index is 4.67. The average molecular weight is 341 g/mol. The number of thioether (sulfide) groups is 1. The molecule has 4 nitrogen and oxygen atoms in total. The Morgan fingerprint density at radius 3 is 2.86 bits per heavy atom. The Hall–Kier alpha value is -0.750. The van der Waals surface area contributed by atoms with Gasteiger partial charge in [-0.15, -0.1) is 11.3 Å². The predicted octanol–water partition coefficient (Wildman–Crippen LogP) is 3.26. The molecule has 2 N–H and O–H groups in total. The second-order valence-electron chi connectivity index (χ2n) is 6.34. The Kier molecular flexibility index (Phi) is 6.56. The third-order valence-corrected chi connectivity index (χ3v) is 6.62. The molecule has 124 valence electrons. The van der Waals surface area contributed by atoms with E-state index in [4.69, 9.17) is 0 Å². The van der Waals surface area contributed by atoms with Crippen molar-refractivity contribution in [3.8, 4) is 0 Å². The smallest absolute Gasteiger partial charge is 0.191 e. The monoisotopic (exact) mass is 340 g/mol. The first-order valence-corrected chi connectivity index (χ1v) is 9.92. The molecular weight excluding hydrogens is 312 g/mol. The first-order chi connectivity index (χ1) is 10.5. The molecule has 1 aromatic rings. The average Bonchev–Trinajstić information content (AvgIpc) is 3.12. The zero-order valence-electron chi connectivity index (χ0n) is 14.1. The van der Waals surface area contributed by atoms with Gasteiger partial charge in [-0.25, -0.2) is 4.98 Å². The topological polar surface area (TPSA) is 49.3 Å². The lowest BCUT2D eigenvalue weighted by Crippen LogP contribution is -2.44. The molecule has 1 aliphatic heterocycles. The number of nitrogens with one attached hydrogen (secondary N) is 2. The molecule has 6 heteroatoms. The highest BCUT2D eigenvalue weighted by Crippen LogP contribution is 2.36. The van der Waals surface area contributed by atoms with Crippen LogP contribution in [-0.4, -0.2) is 41.6 Å². The molecule has 0 spiro atoms. The largest absolute Gasteiger partial charge is 0.356 e. The summed E-state index contributed by atoms with van der Waals surface area (Å²) >= 11 is 3.83. The van der Waals surface area contributed by atoms with Crippen LogP contribution in [0, 0.1) is 0 Å². The van der Waals surface area contributed by atoms with Crippen molar-refractivity contribution in [1.29, 1.82) is 0 Å². The summed E-state index contributed by atoms with van der Waals surface area (Å²) in [5.41, 5.74) is 1.18. The fourth-order valence-corrected chi connectivity index (χ4v) is 4.59. The van der Waals surface area contributed by atoms with Crippen LogP contribution in [0.3, 0.4) is 0 Å². The first kappa shape index (κ1) is 17.6. The van der Waals surface area contributed by atoms with E-state index in [9.17, 15) is 0 Å². The van der Waals surface area contributed by atoms with E-state index >= 15 is 0 Å². The van der Waals surface area contributed by atoms with Crippen molar-refractivity contribution in [1.82, 2.24) is 15.6 Å². The van der Waals surface area contributed by atoms with Crippen LogP contribution in [0.5, 0.6) is 0 Å². The van der Waals surface area contributed by atoms with Crippen molar-refractivity contribution >= 4 is 29.1 Å². The minimum Gasteiger partial charge on any atom is -0.356 e. The molecule has 1 aliphatic rings. The van der Waals surface area contributed by atoms with E-state index in [1.54, 1.807) is 11.3 Å². The number of aromatic nitrogens is 1. The van der Waals surface area contributed by atoms with Gasteiger partial charge in [-0.1, -0.05) is 13.8 Å². The van der Waals surface area contributed by atoms with E-state index in [1.165, 1.54) is 29.3 Å². The summed E-state index contributed by atoms with van der Waals surface area (Å²) in [6, 6.07) is 0. The van der Waals surface area contributed by atoms with Gasteiger partial charge in [0.25, 0.3) is 0 Å². The van der Waals surface area contributed by atoms with Crippen LogP contribution in [0.15, 0.2) is 10.4 Å². The summed E-state index contributed by atoms with van der Waals surface area (Å²) in [5, 5.41) is 10.2. The van der Waals surface area contributed by atoms with Crippen LogP contribution in [0.4, 0.5) is 0 Å². The molecule has 0 saturated carbocycles. The summed E-state index contributed by atoms with van der Waals surface area (Å²) in [6.07, 6.45) is 3.56. The molecule has 1 aromatic heterocycles. The SMILES string of the molecule is CN=C(NCCc1csc(C(C)C)n1)NCC1(C)CCCS1. The summed E-state index contributed by atoms with van der Waals surface area (Å²) in [6.45, 7) is 8.56. The second-order valence-corrected chi connectivity index (χ2v) is 8.91.